The number of nitrogens with two attached hydrogens (primary N) is 1. The molecule has 3 heteroatoms. The molecule has 0 atom stereocenters. The molecule has 0 spiro atoms. The van der Waals surface area contributed by atoms with Gasteiger partial charge in [0.1, 0.15) is 12.0 Å². The van der Waals surface area contributed by atoms with Gasteiger partial charge in [0.25, 0.3) is 0 Å². The minimum Gasteiger partial charge on any atom is -0.448 e. The molecule has 0 aliphatic carbocycles. The molecule has 0 radical (unpaired) electrons. The van der Waals surface area contributed by atoms with Crippen LogP contribution in [-0.2, 0) is 11.8 Å². The van der Waals surface area contributed by atoms with Gasteiger partial charge in [0.05, 0.1) is 0 Å². The van der Waals surface area contributed by atoms with Crippen LogP contribution < -0.4 is 5.73 Å². The van der Waals surface area contributed by atoms with E-state index in [1.54, 1.807) is 6.26 Å². The molecule has 18 heavy (non-hydrogen) atoms. The van der Waals surface area contributed by atoms with E-state index in [1.165, 1.54) is 5.56 Å². The Morgan fingerprint density at radius 3 is 2.39 bits per heavy atom. The zero-order chi connectivity index (χ0) is 13.2. The molecule has 2 rings (SSSR count). The smallest absolute Gasteiger partial charge is 0.195 e. The number of oxazole rings is 1. The van der Waals surface area contributed by atoms with Gasteiger partial charge in [-0.25, -0.2) is 4.98 Å². The second kappa shape index (κ2) is 4.94. The first-order valence-corrected chi connectivity index (χ1v) is 6.26. The largest absolute Gasteiger partial charge is 0.448 e. The van der Waals surface area contributed by atoms with E-state index in [0.717, 1.165) is 11.3 Å². The van der Waals surface area contributed by atoms with E-state index in [-0.39, 0.29) is 5.41 Å². The minimum atomic E-state index is 0.174. The van der Waals surface area contributed by atoms with Gasteiger partial charge in [0.15, 0.2) is 5.89 Å². The molecule has 0 aliphatic rings. The van der Waals surface area contributed by atoms with Crippen molar-refractivity contribution in [3.8, 4) is 11.3 Å². The maximum absolute atomic E-state index is 5.48. The Hall–Kier alpha value is -1.61. The summed E-state index contributed by atoms with van der Waals surface area (Å²) >= 11 is 0. The normalized spacial score (nSPS) is 11.8. The molecule has 3 nitrogen and oxygen atoms in total. The fourth-order valence-corrected chi connectivity index (χ4v) is 1.82. The lowest BCUT2D eigenvalue weighted by Crippen LogP contribution is -2.10. The van der Waals surface area contributed by atoms with Gasteiger partial charge in [-0.2, -0.15) is 0 Å². The topological polar surface area (TPSA) is 52.0 Å². The number of aromatic nitrogens is 1. The molecule has 2 N–H and O–H groups in total. The Balaban J connectivity index is 2.23. The Morgan fingerprint density at radius 1 is 1.17 bits per heavy atom. The van der Waals surface area contributed by atoms with Crippen molar-refractivity contribution in [3.05, 3.63) is 42.0 Å². The SMILES string of the molecule is CC(C)(C)c1ccc(-c2coc(CCN)n2)cc1. The predicted octanol–water partition coefficient (Wildman–Crippen LogP) is 3.14. The average molecular weight is 244 g/mol. The molecular weight excluding hydrogens is 224 g/mol. The van der Waals surface area contributed by atoms with Crippen LogP contribution >= 0.6 is 0 Å². The highest BCUT2D eigenvalue weighted by atomic mass is 16.3. The molecule has 1 heterocycles. The Bertz CT molecular complexity index is 506. The molecule has 1 aromatic heterocycles. The van der Waals surface area contributed by atoms with Crippen molar-refractivity contribution in [2.45, 2.75) is 32.6 Å². The molecular formula is C15H20N2O. The second-order valence-corrected chi connectivity index (χ2v) is 5.49. The lowest BCUT2D eigenvalue weighted by molar-refractivity contribution is 0.496. The lowest BCUT2D eigenvalue weighted by atomic mass is 9.86. The van der Waals surface area contributed by atoms with Crippen molar-refractivity contribution >= 4 is 0 Å². The Morgan fingerprint density at radius 2 is 1.83 bits per heavy atom. The monoisotopic (exact) mass is 244 g/mol. The summed E-state index contributed by atoms with van der Waals surface area (Å²) in [5.74, 6) is 0.701. The summed E-state index contributed by atoms with van der Waals surface area (Å²) < 4.78 is 5.37. The van der Waals surface area contributed by atoms with Crippen LogP contribution in [0.15, 0.2) is 34.9 Å². The molecule has 0 aliphatic heterocycles. The molecule has 0 bridgehead atoms. The molecule has 0 amide bonds. The van der Waals surface area contributed by atoms with E-state index in [0.29, 0.717) is 18.9 Å². The van der Waals surface area contributed by atoms with Crippen molar-refractivity contribution in [1.29, 1.82) is 0 Å². The average Bonchev–Trinajstić information content (AvgIpc) is 2.77. The summed E-state index contributed by atoms with van der Waals surface area (Å²) in [4.78, 5) is 4.42. The van der Waals surface area contributed by atoms with Crippen molar-refractivity contribution in [3.63, 3.8) is 0 Å². The number of hydrogen-bond acceptors (Lipinski definition) is 3. The first-order chi connectivity index (χ1) is 8.50. The van der Waals surface area contributed by atoms with E-state index in [1.807, 2.05) is 0 Å². The van der Waals surface area contributed by atoms with Crippen LogP contribution in [0.1, 0.15) is 32.2 Å². The van der Waals surface area contributed by atoms with Crippen LogP contribution in [0.2, 0.25) is 0 Å². The molecule has 0 saturated carbocycles. The van der Waals surface area contributed by atoms with E-state index >= 15 is 0 Å². The van der Waals surface area contributed by atoms with E-state index in [2.05, 4.69) is 50.0 Å². The third-order valence-electron chi connectivity index (χ3n) is 2.96. The lowest BCUT2D eigenvalue weighted by Gasteiger charge is -2.18. The molecule has 0 saturated heterocycles. The van der Waals surface area contributed by atoms with Crippen molar-refractivity contribution in [2.24, 2.45) is 5.73 Å². The predicted molar refractivity (Wildman–Crippen MR) is 73.4 cm³/mol. The van der Waals surface area contributed by atoms with Crippen molar-refractivity contribution < 1.29 is 4.42 Å². The van der Waals surface area contributed by atoms with E-state index < -0.39 is 0 Å². The molecule has 96 valence electrons. The Kier molecular flexibility index (Phi) is 3.53. The van der Waals surface area contributed by atoms with Crippen LogP contribution in [0.5, 0.6) is 0 Å². The molecule has 2 aromatic rings. The van der Waals surface area contributed by atoms with Crippen LogP contribution in [-0.4, -0.2) is 11.5 Å². The quantitative estimate of drug-likeness (QED) is 0.902. The first-order valence-electron chi connectivity index (χ1n) is 6.26. The fraction of sp³-hybridized carbons (Fsp3) is 0.400. The Labute approximate surface area is 108 Å². The maximum atomic E-state index is 5.48. The molecule has 1 aromatic carbocycles. The van der Waals surface area contributed by atoms with Crippen LogP contribution in [0.3, 0.4) is 0 Å². The highest BCUT2D eigenvalue weighted by molar-refractivity contribution is 5.58. The van der Waals surface area contributed by atoms with Crippen LogP contribution in [0.25, 0.3) is 11.3 Å². The zero-order valence-corrected chi connectivity index (χ0v) is 11.2. The van der Waals surface area contributed by atoms with Gasteiger partial charge in [0.2, 0.25) is 0 Å². The van der Waals surface area contributed by atoms with Gasteiger partial charge in [-0.15, -0.1) is 0 Å². The summed E-state index contributed by atoms with van der Waals surface area (Å²) in [5.41, 5.74) is 8.92. The van der Waals surface area contributed by atoms with Gasteiger partial charge in [-0.1, -0.05) is 45.0 Å². The van der Waals surface area contributed by atoms with Gasteiger partial charge >= 0.3 is 0 Å². The number of benzene rings is 1. The first kappa shape index (κ1) is 12.8. The van der Waals surface area contributed by atoms with Crippen LogP contribution in [0.4, 0.5) is 0 Å². The van der Waals surface area contributed by atoms with Gasteiger partial charge < -0.3 is 10.2 Å². The molecule has 0 fully saturated rings. The summed E-state index contributed by atoms with van der Waals surface area (Å²) in [6.07, 6.45) is 2.37. The highest BCUT2D eigenvalue weighted by Crippen LogP contribution is 2.25. The number of rotatable bonds is 3. The zero-order valence-electron chi connectivity index (χ0n) is 11.2. The number of hydrogen-bond donors (Lipinski definition) is 1. The van der Waals surface area contributed by atoms with Crippen molar-refractivity contribution in [2.75, 3.05) is 6.54 Å². The maximum Gasteiger partial charge on any atom is 0.195 e. The minimum absolute atomic E-state index is 0.174. The summed E-state index contributed by atoms with van der Waals surface area (Å²) in [6, 6.07) is 8.47. The highest BCUT2D eigenvalue weighted by Gasteiger charge is 2.13. The van der Waals surface area contributed by atoms with Gasteiger partial charge in [0, 0.05) is 18.5 Å². The molecule has 0 unspecified atom stereocenters. The number of nitrogens with zero attached hydrogens (tertiary/aromatic N) is 1. The second-order valence-electron chi connectivity index (χ2n) is 5.49. The standard InChI is InChI=1S/C15H20N2O/c1-15(2,3)12-6-4-11(5-7-12)13-10-18-14(17-13)8-9-16/h4-7,10H,8-9,16H2,1-3H3. The third kappa shape index (κ3) is 2.79. The van der Waals surface area contributed by atoms with Gasteiger partial charge in [-0.3, -0.25) is 0 Å². The summed E-state index contributed by atoms with van der Waals surface area (Å²) in [7, 11) is 0. The van der Waals surface area contributed by atoms with E-state index in [4.69, 9.17) is 10.2 Å². The van der Waals surface area contributed by atoms with E-state index in [9.17, 15) is 0 Å². The summed E-state index contributed by atoms with van der Waals surface area (Å²) in [5, 5.41) is 0. The van der Waals surface area contributed by atoms with Gasteiger partial charge in [-0.05, 0) is 11.0 Å². The van der Waals surface area contributed by atoms with Crippen molar-refractivity contribution in [1.82, 2.24) is 4.98 Å². The fourth-order valence-electron chi connectivity index (χ4n) is 1.82. The third-order valence-corrected chi connectivity index (χ3v) is 2.96. The summed E-state index contributed by atoms with van der Waals surface area (Å²) in [6.45, 7) is 7.18. The van der Waals surface area contributed by atoms with Crippen LogP contribution in [0, 0.1) is 0 Å².